The zero-order valence-electron chi connectivity index (χ0n) is 5.45. The van der Waals surface area contributed by atoms with Crippen molar-refractivity contribution in [3.63, 3.8) is 0 Å². The second-order valence-electron chi connectivity index (χ2n) is 1.90. The molecule has 1 rings (SSSR count). The fourth-order valence-electron chi connectivity index (χ4n) is 0.896. The van der Waals surface area contributed by atoms with Gasteiger partial charge in [-0.3, -0.25) is 4.90 Å². The van der Waals surface area contributed by atoms with Crippen LogP contribution in [0.25, 0.3) is 0 Å². The number of nitrogens with zero attached hydrogens (tertiary/aromatic N) is 1. The summed E-state index contributed by atoms with van der Waals surface area (Å²) in [6.07, 6.45) is 0. The Morgan fingerprint density at radius 1 is 1.75 bits per heavy atom. The molecule has 2 heteroatoms. The molecule has 0 amide bonds. The molecule has 0 N–H and O–H groups in total. The number of alkyl halides is 1. The van der Waals surface area contributed by atoms with Crippen LogP contribution >= 0.6 is 20.7 Å². The van der Waals surface area contributed by atoms with Crippen LogP contribution in [0.3, 0.4) is 0 Å². The molecule has 0 atom stereocenters. The first-order valence-electron chi connectivity index (χ1n) is 3.02. The van der Waals surface area contributed by atoms with E-state index in [1.165, 1.54) is 17.5 Å². The average Bonchev–Trinajstić information content (AvgIpc) is 2.14. The molecule has 0 aromatic rings. The Labute approximate surface area is 60.8 Å². The van der Waals surface area contributed by atoms with Gasteiger partial charge in [0.2, 0.25) is 0 Å². The predicted octanol–water partition coefficient (Wildman–Crippen LogP) is 1.44. The van der Waals surface area contributed by atoms with Crippen molar-refractivity contribution < 1.29 is 0 Å². The van der Waals surface area contributed by atoms with Crippen LogP contribution in [-0.2, 0) is 0 Å². The van der Waals surface area contributed by atoms with Gasteiger partial charge in [0.15, 0.2) is 0 Å². The maximum Gasteiger partial charge on any atom is 0.0208 e. The third-order valence-electron chi connectivity index (χ3n) is 1.46. The highest BCUT2D eigenvalue weighted by Crippen LogP contribution is 2.12. The van der Waals surface area contributed by atoms with Crippen molar-refractivity contribution in [1.29, 1.82) is 0 Å². The largest absolute Gasteiger partial charge is 0.274 e. The third-order valence-corrected chi connectivity index (χ3v) is 4.27. The molecule has 0 spiro atoms. The Balaban J connectivity index is 2.46. The van der Waals surface area contributed by atoms with Crippen molar-refractivity contribution in [2.24, 2.45) is 0 Å². The van der Waals surface area contributed by atoms with Gasteiger partial charge in [-0.2, -0.15) is 0 Å². The molecule has 0 saturated heterocycles. The van der Waals surface area contributed by atoms with Crippen LogP contribution in [0.5, 0.6) is 0 Å². The molecular formula is C6H12IN. The Kier molecular flexibility index (Phi) is 2.43. The molecule has 1 aliphatic rings. The molecule has 8 heavy (non-hydrogen) atoms. The second-order valence-corrected chi connectivity index (χ2v) is 5.30. The summed E-state index contributed by atoms with van der Waals surface area (Å²) in [5, 5.41) is 0. The van der Waals surface area contributed by atoms with Crippen molar-refractivity contribution >= 4 is 24.4 Å². The van der Waals surface area contributed by atoms with Gasteiger partial charge in [0.25, 0.3) is 0 Å². The smallest absolute Gasteiger partial charge is 0.0208 e. The maximum absolute atomic E-state index is 2.49. The first-order chi connectivity index (χ1) is 3.84. The highest BCUT2D eigenvalue weighted by atomic mass is 127. The molecule has 1 heterocycles. The highest BCUT2D eigenvalue weighted by molar-refractivity contribution is 14.2. The van der Waals surface area contributed by atoms with Gasteiger partial charge in [0.05, 0.1) is 0 Å². The van der Waals surface area contributed by atoms with E-state index in [9.17, 15) is 0 Å². The molecular weight excluding hydrogens is 213 g/mol. The second kappa shape index (κ2) is 2.92. The molecule has 0 aromatic carbocycles. The van der Waals surface area contributed by atoms with Crippen LogP contribution < -0.4 is 0 Å². The maximum atomic E-state index is 2.49. The van der Waals surface area contributed by atoms with Crippen LogP contribution in [-0.4, -0.2) is 26.0 Å². The van der Waals surface area contributed by atoms with E-state index in [0.717, 1.165) is 0 Å². The predicted molar refractivity (Wildman–Crippen MR) is 46.8 cm³/mol. The van der Waals surface area contributed by atoms with E-state index in [1.54, 1.807) is 3.63 Å². The van der Waals surface area contributed by atoms with Crippen molar-refractivity contribution in [3.8, 4) is 0 Å². The summed E-state index contributed by atoms with van der Waals surface area (Å²) in [6.45, 7) is 7.09. The SMILES string of the molecule is CCN1CCI=C1C. The lowest BCUT2D eigenvalue weighted by molar-refractivity contribution is 0.482. The molecule has 0 unspecified atom stereocenters. The summed E-state index contributed by atoms with van der Waals surface area (Å²) in [7, 11) is 0. The minimum Gasteiger partial charge on any atom is -0.274 e. The Morgan fingerprint density at radius 2 is 2.50 bits per heavy atom. The van der Waals surface area contributed by atoms with E-state index in [-0.39, 0.29) is 0 Å². The molecule has 48 valence electrons. The summed E-state index contributed by atoms with van der Waals surface area (Å²) in [5.74, 6) is 0. The Bertz CT molecular complexity index is 109. The quantitative estimate of drug-likeness (QED) is 0.482. The summed E-state index contributed by atoms with van der Waals surface area (Å²) in [5.41, 5.74) is 0. The molecule has 0 saturated carbocycles. The Morgan fingerprint density at radius 3 is 2.75 bits per heavy atom. The highest BCUT2D eigenvalue weighted by Gasteiger charge is 2.08. The van der Waals surface area contributed by atoms with Crippen LogP contribution in [0.1, 0.15) is 13.8 Å². The van der Waals surface area contributed by atoms with Gasteiger partial charge in [0.1, 0.15) is 0 Å². The van der Waals surface area contributed by atoms with E-state index >= 15 is 0 Å². The van der Waals surface area contributed by atoms with E-state index in [2.05, 4.69) is 18.7 Å². The minimum atomic E-state index is 0.475. The first kappa shape index (κ1) is 6.68. The van der Waals surface area contributed by atoms with E-state index in [4.69, 9.17) is 0 Å². The summed E-state index contributed by atoms with van der Waals surface area (Å²) >= 11 is 0.475. The van der Waals surface area contributed by atoms with Crippen LogP contribution in [0, 0.1) is 0 Å². The van der Waals surface area contributed by atoms with Crippen LogP contribution in [0.15, 0.2) is 0 Å². The van der Waals surface area contributed by atoms with Gasteiger partial charge in [-0.25, -0.2) is 0 Å². The average molecular weight is 225 g/mol. The van der Waals surface area contributed by atoms with Gasteiger partial charge in [0, 0.05) is 21.1 Å². The summed E-state index contributed by atoms with van der Waals surface area (Å²) < 4.78 is 3.17. The van der Waals surface area contributed by atoms with Crippen LogP contribution in [0.4, 0.5) is 0 Å². The zero-order valence-corrected chi connectivity index (χ0v) is 7.60. The molecule has 0 aliphatic carbocycles. The first-order valence-corrected chi connectivity index (χ1v) is 5.62. The monoisotopic (exact) mass is 225 g/mol. The van der Waals surface area contributed by atoms with Crippen molar-refractivity contribution in [3.05, 3.63) is 0 Å². The lowest BCUT2D eigenvalue weighted by Gasteiger charge is -2.11. The minimum absolute atomic E-state index is 0.475. The molecule has 0 aromatic heterocycles. The number of hydrogen-bond donors (Lipinski definition) is 0. The van der Waals surface area contributed by atoms with Crippen molar-refractivity contribution in [2.75, 3.05) is 17.5 Å². The fraction of sp³-hybridized carbons (Fsp3) is 0.833. The number of rotatable bonds is 1. The van der Waals surface area contributed by atoms with E-state index < -0.39 is 0 Å². The normalized spacial score (nSPS) is 22.5. The lowest BCUT2D eigenvalue weighted by Crippen LogP contribution is -2.24. The molecule has 1 aliphatic heterocycles. The van der Waals surface area contributed by atoms with Gasteiger partial charge in [-0.15, -0.1) is 20.7 Å². The fourth-order valence-corrected chi connectivity index (χ4v) is 3.56. The van der Waals surface area contributed by atoms with Gasteiger partial charge in [-0.05, 0) is 6.92 Å². The van der Waals surface area contributed by atoms with Gasteiger partial charge < -0.3 is 0 Å². The van der Waals surface area contributed by atoms with Gasteiger partial charge >= 0.3 is 0 Å². The van der Waals surface area contributed by atoms with E-state index in [0.29, 0.717) is 20.7 Å². The molecule has 1 nitrogen and oxygen atoms in total. The summed E-state index contributed by atoms with van der Waals surface area (Å²) in [6, 6.07) is 0. The number of halogens is 1. The molecule has 0 bridgehead atoms. The van der Waals surface area contributed by atoms with Crippen molar-refractivity contribution in [2.45, 2.75) is 13.8 Å². The van der Waals surface area contributed by atoms with Crippen molar-refractivity contribution in [1.82, 2.24) is 4.90 Å². The van der Waals surface area contributed by atoms with Gasteiger partial charge in [-0.1, -0.05) is 6.92 Å². The Hall–Kier alpha value is 0.560. The molecule has 0 radical (unpaired) electrons. The standard InChI is InChI=1S/C6H12IN/c1-3-8-5-4-7-6(8)2/h3-5H2,1-2H3. The third kappa shape index (κ3) is 1.29. The summed E-state index contributed by atoms with van der Waals surface area (Å²) in [4.78, 5) is 2.49. The molecule has 0 fully saturated rings. The van der Waals surface area contributed by atoms with E-state index in [1.807, 2.05) is 0 Å². The zero-order chi connectivity index (χ0) is 5.98. The topological polar surface area (TPSA) is 3.24 Å². The van der Waals surface area contributed by atoms with Crippen LogP contribution in [0.2, 0.25) is 0 Å². The lowest BCUT2D eigenvalue weighted by atomic mass is 10.5. The number of hydrogen-bond acceptors (Lipinski definition) is 1.